The number of allylic oxidation sites excluding steroid dienone is 6. The third-order valence-electron chi connectivity index (χ3n) is 2.18. The molecule has 0 radical (unpaired) electrons. The van der Waals surface area contributed by atoms with E-state index in [1.165, 1.54) is 30.4 Å². The van der Waals surface area contributed by atoms with Crippen LogP contribution in [0.4, 0.5) is 0 Å². The van der Waals surface area contributed by atoms with Crippen LogP contribution in [-0.4, -0.2) is 0 Å². The van der Waals surface area contributed by atoms with Crippen molar-refractivity contribution in [2.45, 2.75) is 47.0 Å². The van der Waals surface area contributed by atoms with Crippen LogP contribution in [0.1, 0.15) is 47.0 Å². The van der Waals surface area contributed by atoms with E-state index in [-0.39, 0.29) is 0 Å². The predicted molar refractivity (Wildman–Crippen MR) is 61.9 cm³/mol. The normalized spacial score (nSPS) is 14.2. The maximum atomic E-state index is 2.23. The van der Waals surface area contributed by atoms with Crippen LogP contribution in [0.5, 0.6) is 0 Å². The molecule has 13 heavy (non-hydrogen) atoms. The lowest BCUT2D eigenvalue weighted by Gasteiger charge is -2.06. The third kappa shape index (κ3) is 4.72. The molecule has 0 unspecified atom stereocenters. The van der Waals surface area contributed by atoms with E-state index < -0.39 is 0 Å². The Morgan fingerprint density at radius 3 is 2.15 bits per heavy atom. The van der Waals surface area contributed by atoms with E-state index >= 15 is 0 Å². The van der Waals surface area contributed by atoms with Gasteiger partial charge in [-0.3, -0.25) is 0 Å². The van der Waals surface area contributed by atoms with E-state index in [2.05, 4.69) is 52.0 Å². The second-order valence-corrected chi connectivity index (χ2v) is 3.16. The van der Waals surface area contributed by atoms with Crippen LogP contribution in [0.3, 0.4) is 0 Å². The van der Waals surface area contributed by atoms with Crippen LogP contribution in [0.25, 0.3) is 0 Å². The number of hydrogen-bond donors (Lipinski definition) is 0. The average molecular weight is 178 g/mol. The van der Waals surface area contributed by atoms with Crippen molar-refractivity contribution in [2.24, 2.45) is 0 Å². The van der Waals surface area contributed by atoms with Gasteiger partial charge in [-0.15, -0.1) is 0 Å². The summed E-state index contributed by atoms with van der Waals surface area (Å²) in [7, 11) is 0. The van der Waals surface area contributed by atoms with Gasteiger partial charge in [0.25, 0.3) is 0 Å². The standard InChI is InChI=1S/C13H22/c1-5-9-11-13(8-4)12(7-3)10-6-2/h6-8,10H,5,9,11H2,1-4H3. The van der Waals surface area contributed by atoms with Crippen molar-refractivity contribution in [3.63, 3.8) is 0 Å². The van der Waals surface area contributed by atoms with Crippen molar-refractivity contribution in [3.05, 3.63) is 35.5 Å². The molecule has 0 amide bonds. The molecule has 0 aromatic heterocycles. The first kappa shape index (κ1) is 12.2. The Labute approximate surface area is 83.0 Å². The molecule has 0 rings (SSSR count). The van der Waals surface area contributed by atoms with Crippen LogP contribution in [0, 0.1) is 0 Å². The lowest BCUT2D eigenvalue weighted by molar-refractivity contribution is 0.792. The molecular formula is C13H22. The second-order valence-electron chi connectivity index (χ2n) is 3.16. The minimum atomic E-state index is 1.21. The van der Waals surface area contributed by atoms with Crippen LogP contribution < -0.4 is 0 Å². The van der Waals surface area contributed by atoms with E-state index in [1.807, 2.05) is 0 Å². The molecule has 0 fully saturated rings. The fraction of sp³-hybridized carbons (Fsp3) is 0.538. The molecular weight excluding hydrogens is 156 g/mol. The Hall–Kier alpha value is -0.780. The van der Waals surface area contributed by atoms with Crippen molar-refractivity contribution in [1.82, 2.24) is 0 Å². The first-order valence-corrected chi connectivity index (χ1v) is 5.24. The van der Waals surface area contributed by atoms with Crippen LogP contribution in [0.2, 0.25) is 0 Å². The molecule has 0 heterocycles. The highest BCUT2D eigenvalue weighted by Crippen LogP contribution is 2.18. The Morgan fingerprint density at radius 1 is 1.08 bits per heavy atom. The zero-order valence-corrected chi connectivity index (χ0v) is 9.43. The van der Waals surface area contributed by atoms with Gasteiger partial charge in [0, 0.05) is 0 Å². The molecule has 0 aromatic carbocycles. The average Bonchev–Trinajstić information content (AvgIpc) is 2.17. The van der Waals surface area contributed by atoms with Gasteiger partial charge in [0.05, 0.1) is 0 Å². The molecule has 74 valence electrons. The first-order valence-electron chi connectivity index (χ1n) is 5.24. The van der Waals surface area contributed by atoms with Gasteiger partial charge in [0.1, 0.15) is 0 Å². The predicted octanol–water partition coefficient (Wildman–Crippen LogP) is 4.65. The topological polar surface area (TPSA) is 0 Å². The quantitative estimate of drug-likeness (QED) is 0.538. The summed E-state index contributed by atoms with van der Waals surface area (Å²) in [6.07, 6.45) is 12.5. The van der Waals surface area contributed by atoms with E-state index in [1.54, 1.807) is 0 Å². The van der Waals surface area contributed by atoms with Crippen molar-refractivity contribution in [3.8, 4) is 0 Å². The molecule has 0 aliphatic carbocycles. The number of rotatable bonds is 5. The van der Waals surface area contributed by atoms with Crippen LogP contribution >= 0.6 is 0 Å². The molecule has 0 aliphatic heterocycles. The largest absolute Gasteiger partial charge is 0.0871 e. The van der Waals surface area contributed by atoms with Gasteiger partial charge < -0.3 is 0 Å². The monoisotopic (exact) mass is 178 g/mol. The van der Waals surface area contributed by atoms with Gasteiger partial charge in [-0.2, -0.15) is 0 Å². The molecule has 0 N–H and O–H groups in total. The third-order valence-corrected chi connectivity index (χ3v) is 2.18. The Balaban J connectivity index is 4.38. The molecule has 0 saturated heterocycles. The highest BCUT2D eigenvalue weighted by Gasteiger charge is 1.98. The summed E-state index contributed by atoms with van der Waals surface area (Å²) in [6, 6.07) is 0. The Morgan fingerprint density at radius 2 is 1.77 bits per heavy atom. The fourth-order valence-electron chi connectivity index (χ4n) is 1.39. The van der Waals surface area contributed by atoms with Crippen molar-refractivity contribution in [1.29, 1.82) is 0 Å². The summed E-state index contributed by atoms with van der Waals surface area (Å²) in [6.45, 7) is 8.53. The molecule has 0 nitrogen and oxygen atoms in total. The zero-order valence-electron chi connectivity index (χ0n) is 9.43. The SMILES string of the molecule is CC=CC(=CC)C(=CC)CCCC. The molecule has 0 spiro atoms. The number of unbranched alkanes of at least 4 members (excludes halogenated alkanes) is 1. The molecule has 0 aromatic rings. The first-order chi connectivity index (χ1) is 6.29. The Bertz CT molecular complexity index is 204. The maximum Gasteiger partial charge on any atom is -0.0274 e. The van der Waals surface area contributed by atoms with E-state index in [4.69, 9.17) is 0 Å². The van der Waals surface area contributed by atoms with Gasteiger partial charge in [-0.1, -0.05) is 37.6 Å². The van der Waals surface area contributed by atoms with Gasteiger partial charge in [0.15, 0.2) is 0 Å². The fourth-order valence-corrected chi connectivity index (χ4v) is 1.39. The van der Waals surface area contributed by atoms with Gasteiger partial charge in [0.2, 0.25) is 0 Å². The summed E-state index contributed by atoms with van der Waals surface area (Å²) in [4.78, 5) is 0. The summed E-state index contributed by atoms with van der Waals surface area (Å²) in [5.74, 6) is 0. The summed E-state index contributed by atoms with van der Waals surface area (Å²) < 4.78 is 0. The molecule has 0 bridgehead atoms. The lowest BCUT2D eigenvalue weighted by atomic mass is 9.99. The minimum absolute atomic E-state index is 1.21. The minimum Gasteiger partial charge on any atom is -0.0871 e. The van der Waals surface area contributed by atoms with Crippen LogP contribution in [-0.2, 0) is 0 Å². The van der Waals surface area contributed by atoms with Crippen LogP contribution in [0.15, 0.2) is 35.5 Å². The van der Waals surface area contributed by atoms with Gasteiger partial charge >= 0.3 is 0 Å². The zero-order chi connectivity index (χ0) is 10.1. The molecule has 0 aliphatic rings. The van der Waals surface area contributed by atoms with Gasteiger partial charge in [-0.05, 0) is 44.8 Å². The molecule has 0 heteroatoms. The van der Waals surface area contributed by atoms with E-state index in [9.17, 15) is 0 Å². The Kier molecular flexibility index (Phi) is 7.38. The lowest BCUT2D eigenvalue weighted by Crippen LogP contribution is -1.87. The highest BCUT2D eigenvalue weighted by atomic mass is 14.0. The van der Waals surface area contributed by atoms with Crippen molar-refractivity contribution >= 4 is 0 Å². The van der Waals surface area contributed by atoms with E-state index in [0.717, 1.165) is 0 Å². The van der Waals surface area contributed by atoms with Crippen molar-refractivity contribution in [2.75, 3.05) is 0 Å². The summed E-state index contributed by atoms with van der Waals surface area (Å²) in [5, 5.41) is 0. The van der Waals surface area contributed by atoms with Gasteiger partial charge in [-0.25, -0.2) is 0 Å². The number of hydrogen-bond acceptors (Lipinski definition) is 0. The maximum absolute atomic E-state index is 2.23. The molecule has 0 saturated carbocycles. The second kappa shape index (κ2) is 7.85. The summed E-state index contributed by atoms with van der Waals surface area (Å²) >= 11 is 0. The van der Waals surface area contributed by atoms with Crippen molar-refractivity contribution < 1.29 is 0 Å². The van der Waals surface area contributed by atoms with E-state index in [0.29, 0.717) is 0 Å². The molecule has 0 atom stereocenters. The summed E-state index contributed by atoms with van der Waals surface area (Å²) in [5.41, 5.74) is 2.85. The highest BCUT2D eigenvalue weighted by molar-refractivity contribution is 5.38. The smallest absolute Gasteiger partial charge is 0.0274 e.